The molecule has 1 aromatic carbocycles. The van der Waals surface area contributed by atoms with Crippen LogP contribution in [0, 0.1) is 10.7 Å². The van der Waals surface area contributed by atoms with Crippen LogP contribution in [-0.2, 0) is 9.53 Å². The summed E-state index contributed by atoms with van der Waals surface area (Å²) in [5, 5.41) is 40.5. The van der Waals surface area contributed by atoms with Crippen LogP contribution in [0.2, 0.25) is 0 Å². The van der Waals surface area contributed by atoms with Gasteiger partial charge in [0.2, 0.25) is 5.91 Å². The zero-order valence-electron chi connectivity index (χ0n) is 18.9. The summed E-state index contributed by atoms with van der Waals surface area (Å²) in [5.74, 6) is -1.38. The van der Waals surface area contributed by atoms with Gasteiger partial charge in [-0.3, -0.25) is 14.4 Å². The number of nitrogens with one attached hydrogen (secondary N) is 1. The van der Waals surface area contributed by atoms with Crippen molar-refractivity contribution in [2.45, 2.75) is 12.2 Å². The van der Waals surface area contributed by atoms with Gasteiger partial charge in [-0.1, -0.05) is 0 Å². The minimum Gasteiger partial charge on any atom is -0.394 e. The number of halogens is 4. The Morgan fingerprint density at radius 2 is 1.34 bits per heavy atom. The van der Waals surface area contributed by atoms with Gasteiger partial charge in [-0.05, 0) is 67.8 Å². The van der Waals surface area contributed by atoms with Crippen LogP contribution < -0.4 is 5.32 Å². The molecule has 11 nitrogen and oxygen atoms in total. The van der Waals surface area contributed by atoms with Crippen LogP contribution in [0.25, 0.3) is 0 Å². The molecule has 0 spiro atoms. The largest absolute Gasteiger partial charge is 0.394 e. The van der Waals surface area contributed by atoms with Crippen LogP contribution in [0.1, 0.15) is 20.7 Å². The van der Waals surface area contributed by atoms with Gasteiger partial charge in [0.1, 0.15) is 6.61 Å². The summed E-state index contributed by atoms with van der Waals surface area (Å²) in [6.45, 7) is -1.52. The summed E-state index contributed by atoms with van der Waals surface area (Å²) < 4.78 is 6.20. The summed E-state index contributed by atoms with van der Waals surface area (Å²) >= 11 is 11.2. The van der Waals surface area contributed by atoms with E-state index in [4.69, 9.17) is 26.6 Å². The highest BCUT2D eigenvalue weighted by Gasteiger charge is 2.31. The summed E-state index contributed by atoms with van der Waals surface area (Å²) in [6.07, 6.45) is -2.32. The monoisotopic (exact) mass is 853 g/mol. The van der Waals surface area contributed by atoms with E-state index in [0.717, 1.165) is 0 Å². The third-order valence-corrected chi connectivity index (χ3v) is 7.94. The van der Waals surface area contributed by atoms with Crippen molar-refractivity contribution in [2.24, 2.45) is 0 Å². The summed E-state index contributed by atoms with van der Waals surface area (Å²) in [4.78, 5) is 41.6. The Hall–Kier alpha value is -0.0900. The molecule has 3 amide bonds. The van der Waals surface area contributed by atoms with Crippen LogP contribution in [0.15, 0.2) is 0 Å². The summed E-state index contributed by atoms with van der Waals surface area (Å²) in [5.41, 5.74) is 0.469. The first-order valence-corrected chi connectivity index (χ1v) is 13.9. The fourth-order valence-corrected chi connectivity index (χ4v) is 7.31. The Morgan fingerprint density at radius 3 is 1.71 bits per heavy atom. The number of likely N-dealkylation sites (N-methyl/N-ethyl adjacent to an activating group) is 2. The number of amides is 3. The highest BCUT2D eigenvalue weighted by molar-refractivity contribution is 14.1. The fourth-order valence-electron chi connectivity index (χ4n) is 2.84. The van der Waals surface area contributed by atoms with Gasteiger partial charge in [0.05, 0.1) is 56.0 Å². The molecule has 0 radical (unpaired) electrons. The maximum absolute atomic E-state index is 13.3. The highest BCUT2D eigenvalue weighted by Crippen LogP contribution is 2.37. The van der Waals surface area contributed by atoms with Gasteiger partial charge in [-0.25, -0.2) is 0 Å². The molecule has 0 heterocycles. The average molecular weight is 854 g/mol. The Bertz CT molecular complexity index is 867. The van der Waals surface area contributed by atoms with Crippen molar-refractivity contribution >= 4 is 103 Å². The molecule has 0 aliphatic heterocycles. The lowest BCUT2D eigenvalue weighted by atomic mass is 10.1. The second-order valence-electron chi connectivity index (χ2n) is 7.40. The minimum atomic E-state index is -1.16. The smallest absolute Gasteiger partial charge is 0.255 e. The van der Waals surface area contributed by atoms with E-state index in [1.807, 2.05) is 67.8 Å². The molecule has 2 unspecified atom stereocenters. The number of hydrogen-bond acceptors (Lipinski definition) is 8. The number of hydrogen-bond donors (Lipinski definition) is 5. The van der Waals surface area contributed by atoms with Crippen molar-refractivity contribution in [3.63, 3.8) is 0 Å². The first kappa shape index (κ1) is 32.9. The van der Waals surface area contributed by atoms with Crippen LogP contribution >= 0.6 is 79.4 Å². The Morgan fingerprint density at radius 1 is 0.914 bits per heavy atom. The standard InChI is InChI=1S/C20H27ClI3N3O8/c1-26(5-10(30)7-28)19(33)13-15(22)14(20(34)27(2)6-11(31)8-29)17(24)18(16(13)23)25-12(32)9-35-4-3-21/h10-11,28-31H,3-9H2,1-2H3,(H,25,32). The molecule has 198 valence electrons. The van der Waals surface area contributed by atoms with Crippen molar-refractivity contribution in [2.75, 3.05) is 64.8 Å². The lowest BCUT2D eigenvalue weighted by molar-refractivity contribution is -0.120. The van der Waals surface area contributed by atoms with Crippen molar-refractivity contribution in [3.8, 4) is 0 Å². The SMILES string of the molecule is CN(CC(O)CO)C(=O)c1c(I)c(NC(=O)COCCCl)c(I)c(C(=O)N(C)CC(O)CO)c1I. The molecule has 35 heavy (non-hydrogen) atoms. The summed E-state index contributed by atoms with van der Waals surface area (Å²) in [7, 11) is 2.88. The first-order chi connectivity index (χ1) is 16.4. The normalized spacial score (nSPS) is 12.7. The molecule has 0 aromatic heterocycles. The molecule has 0 saturated heterocycles. The second-order valence-corrected chi connectivity index (χ2v) is 11.0. The van der Waals surface area contributed by atoms with E-state index in [1.54, 1.807) is 0 Å². The first-order valence-electron chi connectivity index (χ1n) is 10.1. The molecule has 2 atom stereocenters. The van der Waals surface area contributed by atoms with E-state index in [2.05, 4.69) is 5.32 Å². The number of alkyl halides is 1. The molecule has 0 fully saturated rings. The van der Waals surface area contributed by atoms with E-state index in [9.17, 15) is 24.6 Å². The molecule has 1 rings (SSSR count). The number of carbonyl (C=O) groups is 3. The van der Waals surface area contributed by atoms with E-state index >= 15 is 0 Å². The maximum Gasteiger partial charge on any atom is 0.255 e. The van der Waals surface area contributed by atoms with Crippen LogP contribution in [0.4, 0.5) is 5.69 Å². The molecular weight excluding hydrogens is 826 g/mol. The van der Waals surface area contributed by atoms with Gasteiger partial charge < -0.3 is 40.3 Å². The second kappa shape index (κ2) is 16.0. The van der Waals surface area contributed by atoms with Crippen molar-refractivity contribution in [1.82, 2.24) is 9.80 Å². The van der Waals surface area contributed by atoms with Gasteiger partial charge in [-0.2, -0.15) is 0 Å². The van der Waals surface area contributed by atoms with Gasteiger partial charge in [0.25, 0.3) is 11.8 Å². The molecule has 15 heteroatoms. The molecule has 0 aliphatic rings. The van der Waals surface area contributed by atoms with E-state index in [1.165, 1.54) is 23.9 Å². The molecule has 0 aliphatic carbocycles. The molecule has 0 saturated carbocycles. The predicted molar refractivity (Wildman–Crippen MR) is 155 cm³/mol. The summed E-state index contributed by atoms with van der Waals surface area (Å²) in [6, 6.07) is 0. The lowest BCUT2D eigenvalue weighted by Gasteiger charge is -2.26. The van der Waals surface area contributed by atoms with Crippen LogP contribution in [0.3, 0.4) is 0 Å². The number of aliphatic hydroxyl groups is 4. The van der Waals surface area contributed by atoms with E-state index in [-0.39, 0.29) is 49.0 Å². The molecular formula is C20H27ClI3N3O8. The number of anilines is 1. The number of nitrogens with zero attached hydrogens (tertiary/aromatic N) is 2. The van der Waals surface area contributed by atoms with Crippen molar-refractivity contribution in [3.05, 3.63) is 21.8 Å². The van der Waals surface area contributed by atoms with Crippen molar-refractivity contribution in [1.29, 1.82) is 0 Å². The quantitative estimate of drug-likeness (QED) is 0.109. The van der Waals surface area contributed by atoms with Crippen LogP contribution in [0.5, 0.6) is 0 Å². The highest BCUT2D eigenvalue weighted by atomic mass is 127. The fraction of sp³-hybridized carbons (Fsp3) is 0.550. The minimum absolute atomic E-state index is 0.121. The Kier molecular flexibility index (Phi) is 15.1. The maximum atomic E-state index is 13.3. The lowest BCUT2D eigenvalue weighted by Crippen LogP contribution is -2.39. The van der Waals surface area contributed by atoms with Crippen LogP contribution in [-0.4, -0.2) is 120 Å². The van der Waals surface area contributed by atoms with Gasteiger partial charge in [0, 0.05) is 36.6 Å². The van der Waals surface area contributed by atoms with Crippen molar-refractivity contribution < 1.29 is 39.5 Å². The Balaban J connectivity index is 3.61. The number of rotatable bonds is 13. The number of aliphatic hydroxyl groups excluding tert-OH is 4. The predicted octanol–water partition coefficient (Wildman–Crippen LogP) is 0.545. The number of carbonyl (C=O) groups excluding carboxylic acids is 3. The third-order valence-electron chi connectivity index (χ3n) is 4.55. The Labute approximate surface area is 248 Å². The topological polar surface area (TPSA) is 160 Å². The molecule has 0 bridgehead atoms. The van der Waals surface area contributed by atoms with Gasteiger partial charge >= 0.3 is 0 Å². The molecule has 5 N–H and O–H groups in total. The number of ether oxygens (including phenoxy) is 1. The van der Waals surface area contributed by atoms with E-state index < -0.39 is 43.1 Å². The molecule has 1 aromatic rings. The van der Waals surface area contributed by atoms with E-state index in [0.29, 0.717) is 10.7 Å². The third kappa shape index (κ3) is 9.31. The van der Waals surface area contributed by atoms with Gasteiger partial charge in [0.15, 0.2) is 0 Å². The van der Waals surface area contributed by atoms with Gasteiger partial charge in [-0.15, -0.1) is 11.6 Å². The zero-order chi connectivity index (χ0) is 26.9. The average Bonchev–Trinajstić information content (AvgIpc) is 2.81. The number of benzene rings is 1. The zero-order valence-corrected chi connectivity index (χ0v) is 26.2.